The molecular formula is C25H25B2N3O5. The fourth-order valence-corrected chi connectivity index (χ4v) is 4.86. The molecule has 0 aromatic heterocycles. The van der Waals surface area contributed by atoms with E-state index in [0.717, 1.165) is 38.4 Å². The van der Waals surface area contributed by atoms with Crippen molar-refractivity contribution in [3.63, 3.8) is 0 Å². The molecule has 1 N–H and O–H groups in total. The molecule has 2 unspecified atom stereocenters. The van der Waals surface area contributed by atoms with Gasteiger partial charge >= 0.3 is 0 Å². The van der Waals surface area contributed by atoms with Crippen molar-refractivity contribution in [3.8, 4) is 5.75 Å². The maximum Gasteiger partial charge on any atom is 0.254 e. The van der Waals surface area contributed by atoms with Crippen molar-refractivity contribution in [1.29, 1.82) is 0 Å². The van der Waals surface area contributed by atoms with Gasteiger partial charge in [0.05, 0.1) is 13.2 Å². The van der Waals surface area contributed by atoms with Crippen LogP contribution in [0.5, 0.6) is 5.75 Å². The van der Waals surface area contributed by atoms with Crippen LogP contribution in [0.1, 0.15) is 45.8 Å². The van der Waals surface area contributed by atoms with Crippen LogP contribution in [0.25, 0.3) is 0 Å². The number of piperidine rings is 1. The van der Waals surface area contributed by atoms with Gasteiger partial charge in [0.2, 0.25) is 11.8 Å². The quantitative estimate of drug-likeness (QED) is 0.485. The summed E-state index contributed by atoms with van der Waals surface area (Å²) in [6.07, 6.45) is 0.372. The molecule has 2 fully saturated rings. The minimum atomic E-state index is -0.907. The first-order chi connectivity index (χ1) is 16.9. The first-order valence-electron chi connectivity index (χ1n) is 11.8. The number of hydrogen-bond donors (Lipinski definition) is 1. The van der Waals surface area contributed by atoms with Crippen LogP contribution in [0.3, 0.4) is 0 Å². The van der Waals surface area contributed by atoms with Gasteiger partial charge in [-0.25, -0.2) is 0 Å². The number of carbonyl (C=O) groups excluding carboxylic acids is 3. The van der Waals surface area contributed by atoms with Crippen molar-refractivity contribution >= 4 is 38.9 Å². The predicted octanol–water partition coefficient (Wildman–Crippen LogP) is 0.320. The van der Waals surface area contributed by atoms with Gasteiger partial charge < -0.3 is 14.4 Å². The Labute approximate surface area is 206 Å². The molecule has 0 aliphatic carbocycles. The van der Waals surface area contributed by atoms with Crippen molar-refractivity contribution in [1.82, 2.24) is 15.1 Å². The number of nitrogens with zero attached hydrogens (tertiary/aromatic N) is 2. The SMILES string of the molecule is [B]c1ccc2c(c1OCc1ccc(CN3CCOCC3)cc1)C([B])N(C1CCC(=O)NC1=O)C2=O. The van der Waals surface area contributed by atoms with Gasteiger partial charge in [-0.15, -0.1) is 0 Å². The zero-order valence-corrected chi connectivity index (χ0v) is 19.4. The average Bonchev–Trinajstić information content (AvgIpc) is 3.10. The van der Waals surface area contributed by atoms with Crippen LogP contribution in [0, 0.1) is 0 Å². The van der Waals surface area contributed by atoms with Crippen LogP contribution in [-0.4, -0.2) is 75.6 Å². The fraction of sp³-hybridized carbons (Fsp3) is 0.400. The Balaban J connectivity index is 1.30. The summed E-state index contributed by atoms with van der Waals surface area (Å²) in [5.41, 5.74) is 3.34. The largest absolute Gasteiger partial charge is 0.489 e. The summed E-state index contributed by atoms with van der Waals surface area (Å²) in [5, 5.41) is 2.28. The molecule has 4 radical (unpaired) electrons. The van der Waals surface area contributed by atoms with E-state index in [2.05, 4.69) is 22.3 Å². The van der Waals surface area contributed by atoms with Crippen LogP contribution in [0.15, 0.2) is 36.4 Å². The summed E-state index contributed by atoms with van der Waals surface area (Å²) in [6, 6.07) is 10.6. The Morgan fingerprint density at radius 2 is 1.74 bits per heavy atom. The monoisotopic (exact) mass is 469 g/mol. The van der Waals surface area contributed by atoms with Crippen LogP contribution in [0.4, 0.5) is 0 Å². The van der Waals surface area contributed by atoms with E-state index in [0.29, 0.717) is 22.3 Å². The van der Waals surface area contributed by atoms with Crippen molar-refractivity contribution in [3.05, 3.63) is 58.7 Å². The number of hydrogen-bond acceptors (Lipinski definition) is 6. The molecule has 0 spiro atoms. The maximum absolute atomic E-state index is 13.1. The van der Waals surface area contributed by atoms with Crippen LogP contribution in [0.2, 0.25) is 0 Å². The molecule has 2 aromatic rings. The molecule has 10 heteroatoms. The van der Waals surface area contributed by atoms with Gasteiger partial charge in [0.1, 0.15) is 34.1 Å². The summed E-state index contributed by atoms with van der Waals surface area (Å²) in [5.74, 6) is -1.82. The lowest BCUT2D eigenvalue weighted by Crippen LogP contribution is -2.53. The molecule has 2 aromatic carbocycles. The summed E-state index contributed by atoms with van der Waals surface area (Å²) in [4.78, 5) is 40.8. The number of fused-ring (bicyclic) bond motifs is 1. The highest BCUT2D eigenvalue weighted by molar-refractivity contribution is 6.35. The number of benzene rings is 2. The van der Waals surface area contributed by atoms with Gasteiger partial charge in [-0.2, -0.15) is 0 Å². The van der Waals surface area contributed by atoms with E-state index in [1.165, 1.54) is 10.5 Å². The van der Waals surface area contributed by atoms with E-state index in [4.69, 9.17) is 25.2 Å². The van der Waals surface area contributed by atoms with E-state index in [-0.39, 0.29) is 31.3 Å². The fourth-order valence-electron chi connectivity index (χ4n) is 4.86. The van der Waals surface area contributed by atoms with E-state index in [1.807, 2.05) is 12.1 Å². The molecule has 2 saturated heterocycles. The highest BCUT2D eigenvalue weighted by Gasteiger charge is 2.44. The molecule has 176 valence electrons. The van der Waals surface area contributed by atoms with Gasteiger partial charge in [0.25, 0.3) is 5.91 Å². The molecule has 35 heavy (non-hydrogen) atoms. The van der Waals surface area contributed by atoms with Crippen molar-refractivity contribution in [2.75, 3.05) is 26.3 Å². The number of morpholine rings is 1. The highest BCUT2D eigenvalue weighted by atomic mass is 16.5. The van der Waals surface area contributed by atoms with Crippen LogP contribution < -0.4 is 15.5 Å². The smallest absolute Gasteiger partial charge is 0.254 e. The van der Waals surface area contributed by atoms with E-state index in [1.54, 1.807) is 12.1 Å². The summed E-state index contributed by atoms with van der Waals surface area (Å²) in [7, 11) is 12.7. The van der Waals surface area contributed by atoms with Crippen molar-refractivity contribution < 1.29 is 23.9 Å². The molecule has 5 rings (SSSR count). The van der Waals surface area contributed by atoms with E-state index in [9.17, 15) is 14.4 Å². The van der Waals surface area contributed by atoms with E-state index < -0.39 is 17.9 Å². The number of rotatable bonds is 6. The zero-order valence-electron chi connectivity index (χ0n) is 19.4. The molecule has 3 heterocycles. The third-order valence-electron chi connectivity index (χ3n) is 6.75. The van der Waals surface area contributed by atoms with E-state index >= 15 is 0 Å². The minimum Gasteiger partial charge on any atom is -0.489 e. The lowest BCUT2D eigenvalue weighted by Gasteiger charge is -2.33. The average molecular weight is 469 g/mol. The first kappa shape index (κ1) is 23.6. The predicted molar refractivity (Wildman–Crippen MR) is 130 cm³/mol. The molecule has 3 amide bonds. The number of imide groups is 1. The Hall–Kier alpha value is -3.10. The Morgan fingerprint density at radius 3 is 2.46 bits per heavy atom. The number of amides is 3. The van der Waals surface area contributed by atoms with Gasteiger partial charge in [-0.1, -0.05) is 35.8 Å². The first-order valence-corrected chi connectivity index (χ1v) is 11.8. The molecule has 3 aliphatic rings. The van der Waals surface area contributed by atoms with Gasteiger partial charge in [0.15, 0.2) is 0 Å². The number of ether oxygens (including phenoxy) is 2. The minimum absolute atomic E-state index is 0.149. The Morgan fingerprint density at radius 1 is 1.03 bits per heavy atom. The zero-order chi connectivity index (χ0) is 24.5. The van der Waals surface area contributed by atoms with Crippen molar-refractivity contribution in [2.24, 2.45) is 0 Å². The molecule has 8 nitrogen and oxygen atoms in total. The molecule has 3 aliphatic heterocycles. The third-order valence-corrected chi connectivity index (χ3v) is 6.75. The topological polar surface area (TPSA) is 88.2 Å². The molecule has 0 saturated carbocycles. The maximum atomic E-state index is 13.1. The molecule has 0 bridgehead atoms. The second kappa shape index (κ2) is 9.87. The van der Waals surface area contributed by atoms with Gasteiger partial charge in [-0.05, 0) is 23.6 Å². The summed E-state index contributed by atoms with van der Waals surface area (Å²) >= 11 is 0. The lowest BCUT2D eigenvalue weighted by atomic mass is 9.82. The van der Waals surface area contributed by atoms with Gasteiger partial charge in [0, 0.05) is 43.1 Å². The number of carbonyl (C=O) groups is 3. The second-order valence-electron chi connectivity index (χ2n) is 9.06. The Bertz CT molecular complexity index is 1150. The number of nitrogens with one attached hydrogen (secondary N) is 1. The molecular weight excluding hydrogens is 444 g/mol. The van der Waals surface area contributed by atoms with Crippen molar-refractivity contribution in [2.45, 2.75) is 38.0 Å². The van der Waals surface area contributed by atoms with Crippen LogP contribution >= 0.6 is 0 Å². The highest BCUT2D eigenvalue weighted by Crippen LogP contribution is 2.39. The second-order valence-corrected chi connectivity index (χ2v) is 9.06. The third kappa shape index (κ3) is 4.73. The normalized spacial score (nSPS) is 22.7. The summed E-state index contributed by atoms with van der Waals surface area (Å²) in [6.45, 7) is 4.51. The lowest BCUT2D eigenvalue weighted by molar-refractivity contribution is -0.137. The Kier molecular flexibility index (Phi) is 6.67. The van der Waals surface area contributed by atoms with Gasteiger partial charge in [-0.3, -0.25) is 24.6 Å². The summed E-state index contributed by atoms with van der Waals surface area (Å²) < 4.78 is 11.5. The molecule has 2 atom stereocenters. The van der Waals surface area contributed by atoms with Crippen LogP contribution in [-0.2, 0) is 27.5 Å². The standard InChI is InChI=1S/C25H25B2N3O5/c26-18-6-5-17-21(23(27)30(25(17)33)19-7-8-20(31)28-24(19)32)22(18)35-14-16-3-1-15(2-4-16)13-29-9-11-34-12-10-29/h1-6,19,23H,7-14H2,(H,28,31,32).